The Labute approximate surface area is 214 Å². The highest BCUT2D eigenvalue weighted by molar-refractivity contribution is 5.95. The molecule has 15 heteroatoms. The summed E-state index contributed by atoms with van der Waals surface area (Å²) in [6.07, 6.45) is -3.85. The Balaban J connectivity index is 1.60. The van der Waals surface area contributed by atoms with Crippen molar-refractivity contribution in [2.75, 3.05) is 26.0 Å². The first kappa shape index (κ1) is 26.9. The van der Waals surface area contributed by atoms with Crippen molar-refractivity contribution in [1.29, 1.82) is 5.26 Å². The molecule has 11 nitrogen and oxygen atoms in total. The molecule has 0 spiro atoms. The number of halogens is 4. The van der Waals surface area contributed by atoms with Crippen molar-refractivity contribution < 1.29 is 36.8 Å². The number of amides is 4. The fraction of sp³-hybridized carbons (Fsp3) is 0.435. The molecule has 1 aromatic carbocycles. The number of nitrogens with one attached hydrogen (secondary N) is 1. The normalized spacial score (nSPS) is 19.0. The maximum Gasteiger partial charge on any atom is 0.322 e. The number of rotatable bonds is 4. The zero-order valence-corrected chi connectivity index (χ0v) is 20.5. The fourth-order valence-electron chi connectivity index (χ4n) is 4.42. The average Bonchev–Trinajstić information content (AvgIpc) is 3.13. The largest absolute Gasteiger partial charge is 0.338 e. The first-order valence-corrected chi connectivity index (χ1v) is 11.4. The lowest BCUT2D eigenvalue weighted by Crippen LogP contribution is -2.45. The number of benzene rings is 1. The van der Waals surface area contributed by atoms with E-state index in [2.05, 4.69) is 10.4 Å². The van der Waals surface area contributed by atoms with Gasteiger partial charge in [-0.1, -0.05) is 0 Å². The molecule has 4 rings (SSSR count). The van der Waals surface area contributed by atoms with Crippen molar-refractivity contribution in [3.8, 4) is 6.07 Å². The Morgan fingerprint density at radius 2 is 2.05 bits per heavy atom. The zero-order chi connectivity index (χ0) is 27.9. The number of likely N-dealkylation sites (N-methyl/N-ethyl adjacent to an activating group) is 1. The first-order chi connectivity index (χ1) is 17.9. The molecule has 0 fully saturated rings. The first-order valence-electron chi connectivity index (χ1n) is 11.4. The van der Waals surface area contributed by atoms with Crippen LogP contribution in [0.5, 0.6) is 0 Å². The Kier molecular flexibility index (Phi) is 7.27. The van der Waals surface area contributed by atoms with Crippen molar-refractivity contribution in [3.05, 3.63) is 46.3 Å². The van der Waals surface area contributed by atoms with Gasteiger partial charge in [0, 0.05) is 32.1 Å². The Hall–Kier alpha value is -4.19. The summed E-state index contributed by atoms with van der Waals surface area (Å²) in [5.74, 6) is -3.71. The predicted octanol–water partition coefficient (Wildman–Crippen LogP) is 2.12. The van der Waals surface area contributed by atoms with Crippen molar-refractivity contribution in [2.45, 2.75) is 45.0 Å². The molecule has 0 saturated carbocycles. The second kappa shape index (κ2) is 10.3. The molecule has 0 unspecified atom stereocenters. The summed E-state index contributed by atoms with van der Waals surface area (Å²) in [5.41, 5.74) is -0.301. The molecule has 0 aliphatic carbocycles. The Morgan fingerprint density at radius 3 is 2.71 bits per heavy atom. The number of fused-ring (bicyclic) bond motifs is 3. The number of carbonyl (C=O) groups excluding carboxylic acids is 3. The predicted molar refractivity (Wildman–Crippen MR) is 122 cm³/mol. The number of carbonyl (C=O) groups is 3. The van der Waals surface area contributed by atoms with Crippen LogP contribution in [0, 0.1) is 23.0 Å². The van der Waals surface area contributed by atoms with Crippen LogP contribution in [0.25, 0.3) is 0 Å². The smallest absolute Gasteiger partial charge is 0.322 e. The molecular weight excluding hydrogens is 514 g/mol. The van der Waals surface area contributed by atoms with E-state index in [4.69, 9.17) is 10.1 Å². The molecule has 0 bridgehead atoms. The van der Waals surface area contributed by atoms with Crippen LogP contribution in [-0.2, 0) is 29.1 Å². The molecule has 2 aromatic rings. The molecule has 0 radical (unpaired) electrons. The monoisotopic (exact) mass is 537 g/mol. The van der Waals surface area contributed by atoms with Gasteiger partial charge >= 0.3 is 6.03 Å². The summed E-state index contributed by atoms with van der Waals surface area (Å²) in [5, 5.41) is 16.6. The topological polar surface area (TPSA) is 124 Å². The van der Waals surface area contributed by atoms with Crippen LogP contribution in [-0.4, -0.2) is 81.7 Å². The molecule has 0 saturated heterocycles. The number of urea groups is 1. The van der Waals surface area contributed by atoms with Gasteiger partial charge in [0.25, 0.3) is 18.2 Å². The van der Waals surface area contributed by atoms with Gasteiger partial charge in [-0.3, -0.25) is 19.1 Å². The highest BCUT2D eigenvalue weighted by Crippen LogP contribution is 2.30. The maximum atomic E-state index is 14.5. The van der Waals surface area contributed by atoms with E-state index < -0.39 is 65.8 Å². The third-order valence-electron chi connectivity index (χ3n) is 6.36. The van der Waals surface area contributed by atoms with E-state index in [-0.39, 0.29) is 25.2 Å². The van der Waals surface area contributed by atoms with Gasteiger partial charge in [0.05, 0.1) is 31.0 Å². The van der Waals surface area contributed by atoms with E-state index in [1.165, 1.54) is 29.7 Å². The van der Waals surface area contributed by atoms with Crippen molar-refractivity contribution in [3.63, 3.8) is 0 Å². The molecule has 4 amide bonds. The number of hydroxylamine groups is 2. The standard InChI is InChI=1S/C23H23F4N7O4/c1-11-6-16-13(8-33(11)23(37)29-15-5-4-14(24)12(7-28)19(15)27)20-22(36)32(3)38-17(9-34(20)30-16)21(35)31(2)10-18(25)26/h4-5,11,17-18H,6,8-10H2,1-3H3,(H,29,37)/t11-,17-/m1/s1. The van der Waals surface area contributed by atoms with E-state index in [0.717, 1.165) is 22.1 Å². The lowest BCUT2D eigenvalue weighted by molar-refractivity contribution is -0.177. The molecule has 1 aromatic heterocycles. The molecule has 3 heterocycles. The number of hydrogen-bond acceptors (Lipinski definition) is 6. The SMILES string of the molecule is C[C@@H]1Cc2nn3c(c2CN1C(=O)Nc1ccc(F)c(C#N)c1F)C(=O)N(C)O[C@@H](C(=O)N(C)CC(F)F)C3. The fourth-order valence-corrected chi connectivity index (χ4v) is 4.42. The van der Waals surface area contributed by atoms with Gasteiger partial charge in [-0.15, -0.1) is 0 Å². The summed E-state index contributed by atoms with van der Waals surface area (Å²) in [7, 11) is 2.46. The number of anilines is 1. The van der Waals surface area contributed by atoms with E-state index in [0.29, 0.717) is 11.3 Å². The quantitative estimate of drug-likeness (QED) is 0.596. The third kappa shape index (κ3) is 4.86. The van der Waals surface area contributed by atoms with Gasteiger partial charge in [-0.05, 0) is 19.1 Å². The lowest BCUT2D eigenvalue weighted by Gasteiger charge is -2.33. The Bertz CT molecular complexity index is 1340. The lowest BCUT2D eigenvalue weighted by atomic mass is 9.99. The van der Waals surface area contributed by atoms with Gasteiger partial charge in [-0.25, -0.2) is 27.4 Å². The molecule has 2 aliphatic heterocycles. The van der Waals surface area contributed by atoms with E-state index in [9.17, 15) is 31.9 Å². The van der Waals surface area contributed by atoms with Crippen molar-refractivity contribution in [1.82, 2.24) is 24.6 Å². The number of nitriles is 1. The van der Waals surface area contributed by atoms with E-state index >= 15 is 0 Å². The molecular formula is C23H23F4N7O4. The average molecular weight is 537 g/mol. The maximum absolute atomic E-state index is 14.5. The number of aromatic nitrogens is 2. The molecule has 38 heavy (non-hydrogen) atoms. The van der Waals surface area contributed by atoms with Gasteiger partial charge in [-0.2, -0.15) is 10.4 Å². The van der Waals surface area contributed by atoms with Gasteiger partial charge in [0.2, 0.25) is 0 Å². The minimum atomic E-state index is -2.75. The molecule has 2 atom stereocenters. The van der Waals surface area contributed by atoms with E-state index in [1.54, 1.807) is 6.92 Å². The van der Waals surface area contributed by atoms with Crippen LogP contribution in [0.1, 0.15) is 34.2 Å². The molecule has 1 N–H and O–H groups in total. The van der Waals surface area contributed by atoms with Crippen LogP contribution in [0.4, 0.5) is 28.0 Å². The summed E-state index contributed by atoms with van der Waals surface area (Å²) >= 11 is 0. The minimum Gasteiger partial charge on any atom is -0.338 e. The summed E-state index contributed by atoms with van der Waals surface area (Å²) in [6.45, 7) is 0.542. The molecule has 2 aliphatic rings. The van der Waals surface area contributed by atoms with E-state index in [1.807, 2.05) is 0 Å². The second-order valence-electron chi connectivity index (χ2n) is 8.97. The van der Waals surface area contributed by atoms with Crippen molar-refractivity contribution in [2.24, 2.45) is 0 Å². The van der Waals surface area contributed by atoms with Gasteiger partial charge in [0.1, 0.15) is 23.1 Å². The van der Waals surface area contributed by atoms with Crippen LogP contribution in [0.2, 0.25) is 0 Å². The number of hydrogen-bond donors (Lipinski definition) is 1. The zero-order valence-electron chi connectivity index (χ0n) is 20.5. The van der Waals surface area contributed by atoms with Crippen LogP contribution < -0.4 is 5.32 Å². The van der Waals surface area contributed by atoms with Crippen LogP contribution >= 0.6 is 0 Å². The Morgan fingerprint density at radius 1 is 1.34 bits per heavy atom. The van der Waals surface area contributed by atoms with Crippen LogP contribution in [0.15, 0.2) is 12.1 Å². The minimum absolute atomic E-state index is 0.0544. The third-order valence-corrected chi connectivity index (χ3v) is 6.36. The molecule has 202 valence electrons. The highest BCUT2D eigenvalue weighted by atomic mass is 19.3. The summed E-state index contributed by atoms with van der Waals surface area (Å²) in [4.78, 5) is 46.5. The highest BCUT2D eigenvalue weighted by Gasteiger charge is 2.40. The van der Waals surface area contributed by atoms with Crippen molar-refractivity contribution >= 4 is 23.5 Å². The van der Waals surface area contributed by atoms with Crippen LogP contribution in [0.3, 0.4) is 0 Å². The second-order valence-corrected chi connectivity index (χ2v) is 8.97. The summed E-state index contributed by atoms with van der Waals surface area (Å²) in [6, 6.07) is 2.04. The summed E-state index contributed by atoms with van der Waals surface area (Å²) < 4.78 is 55.0. The number of alkyl halides is 2. The van der Waals surface area contributed by atoms with Gasteiger partial charge in [0.15, 0.2) is 11.9 Å². The van der Waals surface area contributed by atoms with Gasteiger partial charge < -0.3 is 15.1 Å². The number of nitrogens with zero attached hydrogens (tertiary/aromatic N) is 6.